The van der Waals surface area contributed by atoms with Gasteiger partial charge in [-0.25, -0.2) is 9.59 Å². The number of halogens is 1. The summed E-state index contributed by atoms with van der Waals surface area (Å²) in [6.45, 7) is 0.509. The fourth-order valence-electron chi connectivity index (χ4n) is 4.06. The molecule has 0 unspecified atom stereocenters. The van der Waals surface area contributed by atoms with E-state index in [1.165, 1.54) is 23.3 Å². The molecule has 7 nitrogen and oxygen atoms in total. The summed E-state index contributed by atoms with van der Waals surface area (Å²) in [5.41, 5.74) is 5.08. The number of hydrogen-bond donors (Lipinski definition) is 3. The highest BCUT2D eigenvalue weighted by molar-refractivity contribution is 9.10. The number of fused-ring (bicyclic) bond motifs is 3. The zero-order valence-electron chi connectivity index (χ0n) is 18.2. The van der Waals surface area contributed by atoms with E-state index in [-0.39, 0.29) is 37.0 Å². The van der Waals surface area contributed by atoms with E-state index in [2.05, 4.69) is 50.8 Å². The van der Waals surface area contributed by atoms with Crippen molar-refractivity contribution < 1.29 is 24.2 Å². The Kier molecular flexibility index (Phi) is 7.27. The summed E-state index contributed by atoms with van der Waals surface area (Å²) in [5.74, 6) is -1.36. The topological polar surface area (TPSA) is 105 Å². The third kappa shape index (κ3) is 5.28. The summed E-state index contributed by atoms with van der Waals surface area (Å²) in [6, 6.07) is 20.7. The minimum absolute atomic E-state index is 0.0102. The molecule has 3 aromatic rings. The zero-order valence-corrected chi connectivity index (χ0v) is 19.8. The first kappa shape index (κ1) is 23.5. The molecule has 0 saturated carbocycles. The van der Waals surface area contributed by atoms with Gasteiger partial charge in [0.2, 0.25) is 5.91 Å². The lowest BCUT2D eigenvalue weighted by Gasteiger charge is -2.14. The van der Waals surface area contributed by atoms with Crippen molar-refractivity contribution in [2.24, 2.45) is 0 Å². The summed E-state index contributed by atoms with van der Waals surface area (Å²) in [6.07, 6.45) is 0.0406. The maximum Gasteiger partial charge on any atom is 0.407 e. The molecule has 0 fully saturated rings. The van der Waals surface area contributed by atoms with Gasteiger partial charge >= 0.3 is 12.1 Å². The van der Waals surface area contributed by atoms with Gasteiger partial charge in [-0.05, 0) is 62.8 Å². The summed E-state index contributed by atoms with van der Waals surface area (Å²) in [7, 11) is 0. The molecule has 34 heavy (non-hydrogen) atoms. The van der Waals surface area contributed by atoms with Crippen molar-refractivity contribution in [3.05, 3.63) is 87.9 Å². The predicted molar refractivity (Wildman–Crippen MR) is 132 cm³/mol. The molecule has 0 heterocycles. The van der Waals surface area contributed by atoms with E-state index >= 15 is 0 Å². The molecule has 4 rings (SSSR count). The average Bonchev–Trinajstić information content (AvgIpc) is 3.15. The van der Waals surface area contributed by atoms with Crippen LogP contribution in [0.5, 0.6) is 0 Å². The number of carboxylic acids is 1. The fourth-order valence-corrected chi connectivity index (χ4v) is 4.40. The maximum absolute atomic E-state index is 12.2. The second kappa shape index (κ2) is 10.5. The van der Waals surface area contributed by atoms with Gasteiger partial charge < -0.3 is 20.5 Å². The molecular weight excluding hydrogens is 500 g/mol. The monoisotopic (exact) mass is 522 g/mol. The predicted octanol–water partition coefficient (Wildman–Crippen LogP) is 5.40. The number of carboxylic acid groups (broad SMARTS) is 1. The number of amides is 2. The number of carbonyl (C=O) groups excluding carboxylic acids is 2. The number of hydrogen-bond acceptors (Lipinski definition) is 4. The second-order valence-electron chi connectivity index (χ2n) is 7.90. The molecule has 2 amide bonds. The zero-order chi connectivity index (χ0) is 24.1. The highest BCUT2D eigenvalue weighted by atomic mass is 79.9. The van der Waals surface area contributed by atoms with Crippen molar-refractivity contribution >= 4 is 39.6 Å². The highest BCUT2D eigenvalue weighted by Crippen LogP contribution is 2.44. The normalized spacial score (nSPS) is 11.9. The number of ether oxygens (including phenoxy) is 1. The van der Waals surface area contributed by atoms with Gasteiger partial charge in [-0.15, -0.1) is 0 Å². The van der Waals surface area contributed by atoms with E-state index in [1.54, 1.807) is 6.07 Å². The first-order valence-corrected chi connectivity index (χ1v) is 11.6. The first-order valence-electron chi connectivity index (χ1n) is 10.9. The second-order valence-corrected chi connectivity index (χ2v) is 8.76. The molecule has 8 heteroatoms. The Bertz CT molecular complexity index is 1200. The molecule has 3 aromatic carbocycles. The molecule has 0 saturated heterocycles. The average molecular weight is 523 g/mol. The van der Waals surface area contributed by atoms with Crippen molar-refractivity contribution in [2.45, 2.75) is 18.8 Å². The molecule has 174 valence electrons. The number of rotatable bonds is 8. The minimum atomic E-state index is -1.07. The van der Waals surface area contributed by atoms with Crippen LogP contribution in [0.3, 0.4) is 0 Å². The summed E-state index contributed by atoms with van der Waals surface area (Å²) in [5, 5.41) is 14.5. The van der Waals surface area contributed by atoms with Crippen LogP contribution in [0.15, 0.2) is 71.2 Å². The Morgan fingerprint density at radius 3 is 2.24 bits per heavy atom. The van der Waals surface area contributed by atoms with Crippen LogP contribution in [0.2, 0.25) is 0 Å². The molecular formula is C26H23BrN2O5. The Hall–Kier alpha value is -3.65. The molecule has 3 N–H and O–H groups in total. The first-order chi connectivity index (χ1) is 16.4. The van der Waals surface area contributed by atoms with Crippen LogP contribution in [0.25, 0.3) is 11.1 Å². The van der Waals surface area contributed by atoms with Crippen LogP contribution in [0, 0.1) is 0 Å². The molecule has 1 aliphatic carbocycles. The van der Waals surface area contributed by atoms with Gasteiger partial charge in [0.05, 0.1) is 11.3 Å². The van der Waals surface area contributed by atoms with Gasteiger partial charge in [0.15, 0.2) is 0 Å². The smallest absolute Gasteiger partial charge is 0.407 e. The summed E-state index contributed by atoms with van der Waals surface area (Å²) < 4.78 is 6.07. The van der Waals surface area contributed by atoms with E-state index in [0.29, 0.717) is 16.6 Å². The Morgan fingerprint density at radius 1 is 0.941 bits per heavy atom. The lowest BCUT2D eigenvalue weighted by molar-refractivity contribution is -0.116. The largest absolute Gasteiger partial charge is 0.478 e. The summed E-state index contributed by atoms with van der Waals surface area (Å²) >= 11 is 3.29. The van der Waals surface area contributed by atoms with Crippen molar-refractivity contribution in [3.8, 4) is 11.1 Å². The molecule has 0 radical (unpaired) electrons. The van der Waals surface area contributed by atoms with Crippen LogP contribution in [-0.2, 0) is 9.53 Å². The molecule has 0 bridgehead atoms. The standard InChI is InChI=1S/C26H23BrN2O5/c27-22-12-11-16(25(31)32)14-23(22)29-24(30)10-5-13-28-26(33)34-15-21-19-8-3-1-6-17(19)18-7-2-4-9-20(18)21/h1-4,6-9,11-12,14,21H,5,10,13,15H2,(H,28,33)(H,29,30)(H,31,32). The van der Waals surface area contributed by atoms with Gasteiger partial charge in [-0.2, -0.15) is 0 Å². The Morgan fingerprint density at radius 2 is 1.59 bits per heavy atom. The Labute approximate surface area is 205 Å². The molecule has 0 aromatic heterocycles. The van der Waals surface area contributed by atoms with Crippen LogP contribution >= 0.6 is 15.9 Å². The van der Waals surface area contributed by atoms with Crippen molar-refractivity contribution in [2.75, 3.05) is 18.5 Å². The highest BCUT2D eigenvalue weighted by Gasteiger charge is 2.28. The van der Waals surface area contributed by atoms with Crippen LogP contribution in [0.1, 0.15) is 40.2 Å². The van der Waals surface area contributed by atoms with Gasteiger partial charge in [0.1, 0.15) is 6.61 Å². The molecule has 0 atom stereocenters. The number of aromatic carboxylic acids is 1. The SMILES string of the molecule is O=C(CCCNC(=O)OCC1c2ccccc2-c2ccccc21)Nc1cc(C(=O)O)ccc1Br. The fraction of sp³-hybridized carbons (Fsp3) is 0.192. The lowest BCUT2D eigenvalue weighted by Crippen LogP contribution is -2.27. The van der Waals surface area contributed by atoms with E-state index in [9.17, 15) is 14.4 Å². The quantitative estimate of drug-likeness (QED) is 0.343. The van der Waals surface area contributed by atoms with Gasteiger partial charge in [0, 0.05) is 23.4 Å². The van der Waals surface area contributed by atoms with E-state index in [1.807, 2.05) is 24.3 Å². The number of carbonyl (C=O) groups is 3. The number of nitrogens with one attached hydrogen (secondary N) is 2. The van der Waals surface area contributed by atoms with Crippen LogP contribution in [-0.4, -0.2) is 36.2 Å². The molecule has 0 spiro atoms. The molecule has 1 aliphatic rings. The van der Waals surface area contributed by atoms with E-state index in [0.717, 1.165) is 11.1 Å². The van der Waals surface area contributed by atoms with Crippen molar-refractivity contribution in [3.63, 3.8) is 0 Å². The maximum atomic E-state index is 12.2. The van der Waals surface area contributed by atoms with Crippen molar-refractivity contribution in [1.29, 1.82) is 0 Å². The Balaban J connectivity index is 1.22. The number of anilines is 1. The van der Waals surface area contributed by atoms with Crippen LogP contribution in [0.4, 0.5) is 10.5 Å². The van der Waals surface area contributed by atoms with Gasteiger partial charge in [-0.1, -0.05) is 48.5 Å². The minimum Gasteiger partial charge on any atom is -0.478 e. The number of benzene rings is 3. The van der Waals surface area contributed by atoms with E-state index < -0.39 is 12.1 Å². The van der Waals surface area contributed by atoms with E-state index in [4.69, 9.17) is 9.84 Å². The number of alkyl carbamates (subject to hydrolysis) is 1. The third-order valence-electron chi connectivity index (χ3n) is 5.68. The third-order valence-corrected chi connectivity index (χ3v) is 6.37. The lowest BCUT2D eigenvalue weighted by atomic mass is 9.98. The summed E-state index contributed by atoms with van der Waals surface area (Å²) in [4.78, 5) is 35.5. The van der Waals surface area contributed by atoms with Crippen molar-refractivity contribution in [1.82, 2.24) is 5.32 Å². The molecule has 0 aliphatic heterocycles. The van der Waals surface area contributed by atoms with Gasteiger partial charge in [-0.3, -0.25) is 4.79 Å². The van der Waals surface area contributed by atoms with Crippen LogP contribution < -0.4 is 10.6 Å². The van der Waals surface area contributed by atoms with Gasteiger partial charge in [0.25, 0.3) is 0 Å².